The van der Waals surface area contributed by atoms with Gasteiger partial charge in [0.2, 0.25) is 0 Å². The first-order chi connectivity index (χ1) is 12.5. The summed E-state index contributed by atoms with van der Waals surface area (Å²) < 4.78 is 15.4. The molecule has 0 aliphatic carbocycles. The highest BCUT2D eigenvalue weighted by atomic mass is 19.1. The summed E-state index contributed by atoms with van der Waals surface area (Å²) in [7, 11) is 1.74. The molecule has 0 radical (unpaired) electrons. The molecule has 0 saturated carbocycles. The van der Waals surface area contributed by atoms with Crippen molar-refractivity contribution in [3.8, 4) is 0 Å². The average molecular weight is 352 g/mol. The zero-order valence-corrected chi connectivity index (χ0v) is 14.3. The van der Waals surface area contributed by atoms with E-state index in [0.29, 0.717) is 17.1 Å². The highest BCUT2D eigenvalue weighted by molar-refractivity contribution is 6.12. The van der Waals surface area contributed by atoms with E-state index in [1.54, 1.807) is 55.2 Å². The quantitative estimate of drug-likeness (QED) is 0.756. The van der Waals surface area contributed by atoms with E-state index in [4.69, 9.17) is 0 Å². The summed E-state index contributed by atoms with van der Waals surface area (Å²) in [6, 6.07) is 12.4. The first-order valence-electron chi connectivity index (χ1n) is 7.92. The molecule has 3 aromatic rings. The molecule has 0 unspecified atom stereocenters. The van der Waals surface area contributed by atoms with Crippen molar-refractivity contribution in [2.24, 2.45) is 7.05 Å². The number of rotatable bonds is 4. The Hall–Kier alpha value is -3.48. The van der Waals surface area contributed by atoms with Gasteiger partial charge >= 0.3 is 0 Å². The normalized spacial score (nSPS) is 10.4. The van der Waals surface area contributed by atoms with Gasteiger partial charge in [0.25, 0.3) is 11.8 Å². The third-order valence-electron chi connectivity index (χ3n) is 3.83. The summed E-state index contributed by atoms with van der Waals surface area (Å²) in [6.07, 6.45) is 1.70. The van der Waals surface area contributed by atoms with Gasteiger partial charge in [-0.25, -0.2) is 4.39 Å². The largest absolute Gasteiger partial charge is 0.321 e. The van der Waals surface area contributed by atoms with Crippen LogP contribution in [0.4, 0.5) is 15.9 Å². The fourth-order valence-electron chi connectivity index (χ4n) is 2.51. The van der Waals surface area contributed by atoms with Crippen molar-refractivity contribution in [3.63, 3.8) is 0 Å². The van der Waals surface area contributed by atoms with Crippen molar-refractivity contribution in [1.29, 1.82) is 0 Å². The van der Waals surface area contributed by atoms with Crippen molar-refractivity contribution in [2.75, 3.05) is 10.6 Å². The lowest BCUT2D eigenvalue weighted by atomic mass is 10.1. The van der Waals surface area contributed by atoms with Crippen LogP contribution in [0.3, 0.4) is 0 Å². The Kier molecular flexibility index (Phi) is 4.79. The van der Waals surface area contributed by atoms with Crippen LogP contribution < -0.4 is 10.6 Å². The molecule has 3 rings (SSSR count). The monoisotopic (exact) mass is 352 g/mol. The summed E-state index contributed by atoms with van der Waals surface area (Å²) in [5, 5.41) is 9.41. The van der Waals surface area contributed by atoms with Crippen LogP contribution in [0.5, 0.6) is 0 Å². The SMILES string of the molecule is Cc1cccc(C(=O)Nc2ccn(C)n2)c1NC(=O)c1ccccc1F. The number of benzene rings is 2. The van der Waals surface area contributed by atoms with Gasteiger partial charge in [0.15, 0.2) is 5.82 Å². The fourth-order valence-corrected chi connectivity index (χ4v) is 2.51. The number of halogens is 1. The van der Waals surface area contributed by atoms with E-state index < -0.39 is 17.6 Å². The zero-order chi connectivity index (χ0) is 18.7. The van der Waals surface area contributed by atoms with Gasteiger partial charge < -0.3 is 10.6 Å². The summed E-state index contributed by atoms with van der Waals surface area (Å²) in [5.41, 5.74) is 1.18. The van der Waals surface area contributed by atoms with E-state index in [1.807, 2.05) is 0 Å². The number of anilines is 2. The van der Waals surface area contributed by atoms with Crippen LogP contribution in [0.2, 0.25) is 0 Å². The van der Waals surface area contributed by atoms with Gasteiger partial charge in [-0.3, -0.25) is 14.3 Å². The molecule has 0 atom stereocenters. The Morgan fingerprint density at radius 3 is 2.35 bits per heavy atom. The van der Waals surface area contributed by atoms with Gasteiger partial charge in [-0.05, 0) is 30.7 Å². The third-order valence-corrected chi connectivity index (χ3v) is 3.83. The molecular weight excluding hydrogens is 335 g/mol. The number of aryl methyl sites for hydroxylation is 2. The predicted octanol–water partition coefficient (Wildman–Crippen LogP) is 3.37. The summed E-state index contributed by atoms with van der Waals surface area (Å²) in [5.74, 6) is -1.27. The fraction of sp³-hybridized carbons (Fsp3) is 0.105. The lowest BCUT2D eigenvalue weighted by Crippen LogP contribution is -2.20. The molecular formula is C19H17FN4O2. The van der Waals surface area contributed by atoms with Crippen LogP contribution in [-0.4, -0.2) is 21.6 Å². The van der Waals surface area contributed by atoms with Crippen LogP contribution in [0.1, 0.15) is 26.3 Å². The molecule has 7 heteroatoms. The van der Waals surface area contributed by atoms with Gasteiger partial charge in [0.05, 0.1) is 16.8 Å². The highest BCUT2D eigenvalue weighted by Gasteiger charge is 2.18. The molecule has 6 nitrogen and oxygen atoms in total. The van der Waals surface area contributed by atoms with E-state index >= 15 is 0 Å². The molecule has 2 N–H and O–H groups in total. The maximum atomic E-state index is 13.8. The number of carbonyl (C=O) groups excluding carboxylic acids is 2. The van der Waals surface area contributed by atoms with Gasteiger partial charge in [-0.1, -0.05) is 24.3 Å². The maximum absolute atomic E-state index is 13.8. The Morgan fingerprint density at radius 1 is 0.962 bits per heavy atom. The summed E-state index contributed by atoms with van der Waals surface area (Å²) in [6.45, 7) is 1.76. The number of nitrogens with zero attached hydrogens (tertiary/aromatic N) is 2. The van der Waals surface area contributed by atoms with Gasteiger partial charge in [-0.15, -0.1) is 0 Å². The topological polar surface area (TPSA) is 76.0 Å². The van der Waals surface area contributed by atoms with Crippen molar-refractivity contribution in [1.82, 2.24) is 9.78 Å². The first-order valence-corrected chi connectivity index (χ1v) is 7.92. The lowest BCUT2D eigenvalue weighted by Gasteiger charge is -2.14. The van der Waals surface area contributed by atoms with Crippen LogP contribution in [0.25, 0.3) is 0 Å². The molecule has 1 aromatic heterocycles. The summed E-state index contributed by atoms with van der Waals surface area (Å²) >= 11 is 0. The smallest absolute Gasteiger partial charge is 0.258 e. The minimum Gasteiger partial charge on any atom is -0.321 e. The maximum Gasteiger partial charge on any atom is 0.258 e. The summed E-state index contributed by atoms with van der Waals surface area (Å²) in [4.78, 5) is 25.0. The van der Waals surface area contributed by atoms with Gasteiger partial charge in [0, 0.05) is 19.3 Å². The number of amides is 2. The van der Waals surface area contributed by atoms with Gasteiger partial charge in [0.1, 0.15) is 5.82 Å². The van der Waals surface area contributed by atoms with Crippen molar-refractivity contribution in [3.05, 3.63) is 77.2 Å². The van der Waals surface area contributed by atoms with Crippen LogP contribution in [-0.2, 0) is 7.05 Å². The lowest BCUT2D eigenvalue weighted by molar-refractivity contribution is 0.102. The highest BCUT2D eigenvalue weighted by Crippen LogP contribution is 2.23. The Balaban J connectivity index is 1.89. The van der Waals surface area contributed by atoms with Crippen LogP contribution >= 0.6 is 0 Å². The second kappa shape index (κ2) is 7.18. The van der Waals surface area contributed by atoms with Crippen molar-refractivity contribution in [2.45, 2.75) is 6.92 Å². The second-order valence-electron chi connectivity index (χ2n) is 5.76. The molecule has 0 fully saturated rings. The van der Waals surface area contributed by atoms with E-state index in [2.05, 4.69) is 15.7 Å². The van der Waals surface area contributed by atoms with E-state index in [-0.39, 0.29) is 11.1 Å². The third kappa shape index (κ3) is 3.61. The Labute approximate surface area is 149 Å². The minimum atomic E-state index is -0.627. The molecule has 0 aliphatic rings. The van der Waals surface area contributed by atoms with E-state index in [1.165, 1.54) is 18.2 Å². The number of aromatic nitrogens is 2. The molecule has 2 amide bonds. The number of nitrogens with one attached hydrogen (secondary N) is 2. The standard InChI is InChI=1S/C19H17FN4O2/c1-12-6-5-8-14(19(26)21-16-10-11-24(2)23-16)17(12)22-18(25)13-7-3-4-9-15(13)20/h3-11H,1-2H3,(H,22,25)(H,21,23,26). The first kappa shape index (κ1) is 17.3. The van der Waals surface area contributed by atoms with Crippen molar-refractivity contribution >= 4 is 23.3 Å². The number of para-hydroxylation sites is 1. The van der Waals surface area contributed by atoms with E-state index in [9.17, 15) is 14.0 Å². The van der Waals surface area contributed by atoms with Crippen LogP contribution in [0.15, 0.2) is 54.7 Å². The molecule has 1 heterocycles. The Morgan fingerprint density at radius 2 is 1.65 bits per heavy atom. The number of carbonyl (C=O) groups is 2. The zero-order valence-electron chi connectivity index (χ0n) is 14.3. The van der Waals surface area contributed by atoms with Crippen molar-refractivity contribution < 1.29 is 14.0 Å². The molecule has 0 aliphatic heterocycles. The molecule has 0 saturated heterocycles. The minimum absolute atomic E-state index is 0.0909. The molecule has 132 valence electrons. The number of hydrogen-bond acceptors (Lipinski definition) is 3. The average Bonchev–Trinajstić information content (AvgIpc) is 3.01. The predicted molar refractivity (Wildman–Crippen MR) is 96.7 cm³/mol. The Bertz CT molecular complexity index is 981. The molecule has 0 spiro atoms. The van der Waals surface area contributed by atoms with E-state index in [0.717, 1.165) is 0 Å². The second-order valence-corrected chi connectivity index (χ2v) is 5.76. The molecule has 0 bridgehead atoms. The van der Waals surface area contributed by atoms with Gasteiger partial charge in [-0.2, -0.15) is 5.10 Å². The molecule has 2 aromatic carbocycles. The number of hydrogen-bond donors (Lipinski definition) is 2. The molecule has 26 heavy (non-hydrogen) atoms. The van der Waals surface area contributed by atoms with Crippen LogP contribution in [0, 0.1) is 12.7 Å².